The van der Waals surface area contributed by atoms with Gasteiger partial charge in [-0.1, -0.05) is 12.1 Å². The number of halogens is 1. The number of ether oxygens (including phenoxy) is 1. The molecule has 2 heterocycles. The molecule has 36 heavy (non-hydrogen) atoms. The van der Waals surface area contributed by atoms with E-state index >= 15 is 0 Å². The van der Waals surface area contributed by atoms with Crippen molar-refractivity contribution < 1.29 is 22.3 Å². The predicted molar refractivity (Wildman–Crippen MR) is 135 cm³/mol. The molecule has 4 aromatic rings. The van der Waals surface area contributed by atoms with Gasteiger partial charge in [0.25, 0.3) is 5.91 Å². The summed E-state index contributed by atoms with van der Waals surface area (Å²) in [5.41, 5.74) is 9.36. The topological polar surface area (TPSA) is 107 Å². The monoisotopic (exact) mass is 508 g/mol. The molecule has 10 heteroatoms. The van der Waals surface area contributed by atoms with Gasteiger partial charge < -0.3 is 10.5 Å². The first-order valence-electron chi connectivity index (χ1n) is 11.4. The molecular formula is C26H25FN4O4S. The number of carbonyl (C=O) groups excluding carboxylic acids is 1. The van der Waals surface area contributed by atoms with Crippen molar-refractivity contribution >= 4 is 27.1 Å². The highest BCUT2D eigenvalue weighted by Gasteiger charge is 2.32. The molecule has 2 aromatic heterocycles. The summed E-state index contributed by atoms with van der Waals surface area (Å²) in [6.07, 6.45) is 4.62. The Kier molecular flexibility index (Phi) is 5.91. The number of carbonyl (C=O) groups is 1. The van der Waals surface area contributed by atoms with E-state index in [1.807, 2.05) is 12.1 Å². The van der Waals surface area contributed by atoms with E-state index in [2.05, 4.69) is 5.10 Å². The molecule has 0 radical (unpaired) electrons. The van der Waals surface area contributed by atoms with Crippen LogP contribution in [0.25, 0.3) is 16.8 Å². The number of nitrogens with two attached hydrogens (primary N) is 1. The average molecular weight is 509 g/mol. The molecule has 0 aliphatic heterocycles. The van der Waals surface area contributed by atoms with E-state index in [0.29, 0.717) is 28.2 Å². The van der Waals surface area contributed by atoms with Crippen LogP contribution in [0.2, 0.25) is 0 Å². The Bertz CT molecular complexity index is 1560. The first-order valence-corrected chi connectivity index (χ1v) is 13.2. The number of fused-ring (bicyclic) bond motifs is 1. The molecule has 186 valence electrons. The Labute approximate surface area is 208 Å². The third-order valence-electron chi connectivity index (χ3n) is 6.32. The number of amides is 1. The molecular weight excluding hydrogens is 483 g/mol. The van der Waals surface area contributed by atoms with Crippen LogP contribution in [0.5, 0.6) is 5.75 Å². The van der Waals surface area contributed by atoms with E-state index in [9.17, 15) is 17.6 Å². The third-order valence-corrected chi connectivity index (χ3v) is 7.44. The number of pyridine rings is 1. The minimum absolute atomic E-state index is 0.114. The quantitative estimate of drug-likeness (QED) is 0.386. The highest BCUT2D eigenvalue weighted by molar-refractivity contribution is 7.92. The summed E-state index contributed by atoms with van der Waals surface area (Å²) in [5, 5.41) is 4.56. The molecule has 0 atom stereocenters. The first kappa shape index (κ1) is 23.8. The molecule has 1 aliphatic rings. The standard InChI is InChI=1S/C26H25FN4O4S/c1-35-20-11-3-16(4-12-20)14-31(36(2,33)34)23-15-30-22(13-21(23)17-5-6-17)24(26(28)32)25(29-30)18-7-9-19(27)10-8-18/h3-4,7-13,15,17H,5-6,14H2,1-2H3,(H2,28,32). The predicted octanol–water partition coefficient (Wildman–Crippen LogP) is 4.09. The van der Waals surface area contributed by atoms with E-state index in [-0.39, 0.29) is 18.0 Å². The van der Waals surface area contributed by atoms with Crippen molar-refractivity contribution in [2.45, 2.75) is 25.3 Å². The van der Waals surface area contributed by atoms with Crippen molar-refractivity contribution in [1.29, 1.82) is 0 Å². The molecule has 1 aliphatic carbocycles. The van der Waals surface area contributed by atoms with Crippen LogP contribution in [0, 0.1) is 5.82 Å². The summed E-state index contributed by atoms with van der Waals surface area (Å²) in [5.74, 6) is -0.246. The van der Waals surface area contributed by atoms with Gasteiger partial charge >= 0.3 is 0 Å². The van der Waals surface area contributed by atoms with E-state index in [0.717, 1.165) is 24.0 Å². The van der Waals surface area contributed by atoms with Crippen molar-refractivity contribution in [3.8, 4) is 17.0 Å². The van der Waals surface area contributed by atoms with Crippen LogP contribution in [0.15, 0.2) is 60.8 Å². The third kappa shape index (κ3) is 4.51. The molecule has 0 saturated heterocycles. The van der Waals surface area contributed by atoms with Crippen LogP contribution in [-0.4, -0.2) is 37.3 Å². The van der Waals surface area contributed by atoms with E-state index < -0.39 is 21.7 Å². The number of aromatic nitrogens is 2. The van der Waals surface area contributed by atoms with Gasteiger partial charge in [-0.2, -0.15) is 5.10 Å². The second kappa shape index (κ2) is 8.94. The number of hydrogen-bond acceptors (Lipinski definition) is 5. The van der Waals surface area contributed by atoms with E-state index in [4.69, 9.17) is 10.5 Å². The lowest BCUT2D eigenvalue weighted by atomic mass is 10.0. The smallest absolute Gasteiger partial charge is 0.253 e. The lowest BCUT2D eigenvalue weighted by Gasteiger charge is -2.25. The SMILES string of the molecule is COc1ccc(CN(c2cn3nc(-c4ccc(F)cc4)c(C(N)=O)c3cc2C2CC2)S(C)(=O)=O)cc1. The molecule has 8 nitrogen and oxygen atoms in total. The van der Waals surface area contributed by atoms with Gasteiger partial charge in [-0.05, 0) is 72.4 Å². The lowest BCUT2D eigenvalue weighted by molar-refractivity contribution is 0.100. The Hall–Kier alpha value is -3.92. The number of methoxy groups -OCH3 is 1. The van der Waals surface area contributed by atoms with Crippen molar-refractivity contribution in [2.24, 2.45) is 5.73 Å². The van der Waals surface area contributed by atoms with Crippen LogP contribution >= 0.6 is 0 Å². The molecule has 0 bridgehead atoms. The number of sulfonamides is 1. The Morgan fingerprint density at radius 3 is 2.39 bits per heavy atom. The fourth-order valence-corrected chi connectivity index (χ4v) is 5.25. The molecule has 1 saturated carbocycles. The van der Waals surface area contributed by atoms with Gasteiger partial charge in [0, 0.05) is 5.56 Å². The molecule has 1 amide bonds. The number of benzene rings is 2. The molecule has 2 N–H and O–H groups in total. The molecule has 1 fully saturated rings. The molecule has 0 spiro atoms. The first-order chi connectivity index (χ1) is 17.2. The van der Waals surface area contributed by atoms with Crippen molar-refractivity contribution in [3.05, 3.63) is 83.3 Å². The maximum absolute atomic E-state index is 13.5. The van der Waals surface area contributed by atoms with Crippen molar-refractivity contribution in [1.82, 2.24) is 9.61 Å². The Morgan fingerprint density at radius 1 is 1.17 bits per heavy atom. The average Bonchev–Trinajstić information content (AvgIpc) is 3.62. The maximum Gasteiger partial charge on any atom is 0.253 e. The molecule has 5 rings (SSSR count). The van der Waals surface area contributed by atoms with Crippen LogP contribution < -0.4 is 14.8 Å². The largest absolute Gasteiger partial charge is 0.497 e. The van der Waals surface area contributed by atoms with Gasteiger partial charge in [0.1, 0.15) is 17.3 Å². The zero-order valence-electron chi connectivity index (χ0n) is 19.8. The Morgan fingerprint density at radius 2 is 1.83 bits per heavy atom. The van der Waals surface area contributed by atoms with E-state index in [1.54, 1.807) is 31.5 Å². The van der Waals surface area contributed by atoms with Gasteiger partial charge in [-0.3, -0.25) is 9.10 Å². The number of primary amides is 1. The van der Waals surface area contributed by atoms with Gasteiger partial charge in [0.05, 0.1) is 42.9 Å². The zero-order chi connectivity index (χ0) is 25.6. The van der Waals surface area contributed by atoms with Crippen molar-refractivity contribution in [3.63, 3.8) is 0 Å². The second-order valence-corrected chi connectivity index (χ2v) is 10.8. The summed E-state index contributed by atoms with van der Waals surface area (Å²) in [4.78, 5) is 12.5. The van der Waals surface area contributed by atoms with Crippen LogP contribution in [0.4, 0.5) is 10.1 Å². The molecule has 0 unspecified atom stereocenters. The summed E-state index contributed by atoms with van der Waals surface area (Å²) in [6, 6.07) is 14.6. The summed E-state index contributed by atoms with van der Waals surface area (Å²) in [7, 11) is -2.11. The van der Waals surface area contributed by atoms with Gasteiger partial charge in [0.2, 0.25) is 10.0 Å². The second-order valence-electron chi connectivity index (χ2n) is 8.93. The molecule has 2 aromatic carbocycles. The van der Waals surface area contributed by atoms with Gasteiger partial charge in [-0.25, -0.2) is 17.3 Å². The fourth-order valence-electron chi connectivity index (χ4n) is 4.36. The number of anilines is 1. The lowest BCUT2D eigenvalue weighted by Crippen LogP contribution is -2.30. The van der Waals surface area contributed by atoms with Crippen LogP contribution in [-0.2, 0) is 16.6 Å². The maximum atomic E-state index is 13.5. The number of hydrogen-bond donors (Lipinski definition) is 1. The van der Waals surface area contributed by atoms with Gasteiger partial charge in [-0.15, -0.1) is 0 Å². The normalized spacial score (nSPS) is 13.6. The summed E-state index contributed by atoms with van der Waals surface area (Å²) in [6.45, 7) is 0.114. The van der Waals surface area contributed by atoms with Crippen molar-refractivity contribution in [2.75, 3.05) is 17.7 Å². The van der Waals surface area contributed by atoms with Crippen LogP contribution in [0.1, 0.15) is 40.2 Å². The Balaban J connectivity index is 1.69. The zero-order valence-corrected chi connectivity index (χ0v) is 20.6. The minimum Gasteiger partial charge on any atom is -0.497 e. The minimum atomic E-state index is -3.68. The van der Waals surface area contributed by atoms with Crippen LogP contribution in [0.3, 0.4) is 0 Å². The highest BCUT2D eigenvalue weighted by Crippen LogP contribution is 2.46. The summed E-state index contributed by atoms with van der Waals surface area (Å²) >= 11 is 0. The van der Waals surface area contributed by atoms with Gasteiger partial charge in [0.15, 0.2) is 0 Å². The van der Waals surface area contributed by atoms with E-state index in [1.165, 1.54) is 39.3 Å². The highest BCUT2D eigenvalue weighted by atomic mass is 32.2. The number of rotatable bonds is 8. The summed E-state index contributed by atoms with van der Waals surface area (Å²) < 4.78 is 47.5. The number of nitrogens with zero attached hydrogens (tertiary/aromatic N) is 3. The fraction of sp³-hybridized carbons (Fsp3) is 0.231.